The molecule has 0 aliphatic heterocycles. The first-order valence-corrected chi connectivity index (χ1v) is 6.93. The van der Waals surface area contributed by atoms with Crippen LogP contribution in [-0.4, -0.2) is 25.6 Å². The van der Waals surface area contributed by atoms with Gasteiger partial charge in [-0.1, -0.05) is 24.6 Å². The van der Waals surface area contributed by atoms with Crippen molar-refractivity contribution in [2.75, 3.05) is 19.7 Å². The molecule has 0 fully saturated rings. The van der Waals surface area contributed by atoms with E-state index in [2.05, 4.69) is 5.32 Å². The fourth-order valence-corrected chi connectivity index (χ4v) is 1.84. The average Bonchev–Trinajstić information content (AvgIpc) is 2.41. The molecular formula is C14H21ClN2O2. The summed E-state index contributed by atoms with van der Waals surface area (Å²) in [5.74, 6) is 0.702. The van der Waals surface area contributed by atoms with Gasteiger partial charge in [-0.25, -0.2) is 0 Å². The van der Waals surface area contributed by atoms with Crippen LogP contribution in [0.2, 0.25) is 5.02 Å². The number of halogens is 1. The van der Waals surface area contributed by atoms with Crippen LogP contribution in [0.15, 0.2) is 18.2 Å². The monoisotopic (exact) mass is 284 g/mol. The molecule has 0 atom stereocenters. The van der Waals surface area contributed by atoms with Gasteiger partial charge >= 0.3 is 0 Å². The number of ether oxygens (including phenoxy) is 1. The zero-order valence-corrected chi connectivity index (χ0v) is 12.0. The maximum atomic E-state index is 11.4. The quantitative estimate of drug-likeness (QED) is 0.769. The van der Waals surface area contributed by atoms with Gasteiger partial charge in [-0.3, -0.25) is 4.79 Å². The third-order valence-corrected chi connectivity index (χ3v) is 2.86. The van der Waals surface area contributed by atoms with E-state index in [0.29, 0.717) is 43.3 Å². The van der Waals surface area contributed by atoms with Crippen LogP contribution in [0.25, 0.3) is 0 Å². The minimum absolute atomic E-state index is 0.00730. The largest absolute Gasteiger partial charge is 0.492 e. The Labute approximate surface area is 119 Å². The van der Waals surface area contributed by atoms with E-state index < -0.39 is 0 Å². The Morgan fingerprint density at radius 2 is 2.26 bits per heavy atom. The molecule has 106 valence electrons. The highest BCUT2D eigenvalue weighted by molar-refractivity contribution is 6.32. The molecule has 0 spiro atoms. The molecule has 0 aliphatic carbocycles. The van der Waals surface area contributed by atoms with Gasteiger partial charge in [0.05, 0.1) is 11.6 Å². The summed E-state index contributed by atoms with van der Waals surface area (Å²) in [6.45, 7) is 3.67. The van der Waals surface area contributed by atoms with Crippen molar-refractivity contribution in [2.24, 2.45) is 5.73 Å². The minimum Gasteiger partial charge on any atom is -0.492 e. The van der Waals surface area contributed by atoms with Crippen molar-refractivity contribution >= 4 is 17.5 Å². The highest BCUT2D eigenvalue weighted by Crippen LogP contribution is 2.26. The molecule has 4 nitrogen and oxygen atoms in total. The summed E-state index contributed by atoms with van der Waals surface area (Å²) in [4.78, 5) is 11.4. The minimum atomic E-state index is 0.00730. The molecular weight excluding hydrogens is 264 g/mol. The molecule has 0 aromatic heterocycles. The first-order valence-electron chi connectivity index (χ1n) is 6.55. The van der Waals surface area contributed by atoms with Crippen LogP contribution >= 0.6 is 11.6 Å². The van der Waals surface area contributed by atoms with Crippen LogP contribution in [0, 0.1) is 0 Å². The van der Waals surface area contributed by atoms with Gasteiger partial charge in [0.15, 0.2) is 0 Å². The second kappa shape index (κ2) is 8.77. The Bertz CT molecular complexity index is 410. The number of rotatable bonds is 8. The number of benzene rings is 1. The third kappa shape index (κ3) is 5.94. The summed E-state index contributed by atoms with van der Waals surface area (Å²) < 4.78 is 5.49. The first kappa shape index (κ1) is 15.8. The van der Waals surface area contributed by atoms with E-state index in [1.54, 1.807) is 0 Å². The van der Waals surface area contributed by atoms with Crippen LogP contribution < -0.4 is 15.8 Å². The number of carbonyl (C=O) groups is 1. The molecule has 0 saturated heterocycles. The van der Waals surface area contributed by atoms with E-state index in [1.807, 2.05) is 25.1 Å². The van der Waals surface area contributed by atoms with Gasteiger partial charge in [0.1, 0.15) is 5.75 Å². The molecule has 0 heterocycles. The zero-order chi connectivity index (χ0) is 14.1. The molecule has 0 unspecified atom stereocenters. The molecule has 0 radical (unpaired) electrons. The van der Waals surface area contributed by atoms with E-state index in [0.717, 1.165) is 12.0 Å². The summed E-state index contributed by atoms with van der Waals surface area (Å²) >= 11 is 6.12. The molecule has 3 N–H and O–H groups in total. The molecule has 1 rings (SSSR count). The van der Waals surface area contributed by atoms with Gasteiger partial charge in [0, 0.05) is 19.5 Å². The third-order valence-electron chi connectivity index (χ3n) is 2.57. The maximum Gasteiger partial charge on any atom is 0.220 e. The van der Waals surface area contributed by atoms with Crippen molar-refractivity contribution in [2.45, 2.75) is 26.2 Å². The lowest BCUT2D eigenvalue weighted by molar-refractivity contribution is -0.120. The summed E-state index contributed by atoms with van der Waals surface area (Å²) in [5, 5.41) is 3.33. The smallest absolute Gasteiger partial charge is 0.220 e. The number of hydrogen-bond acceptors (Lipinski definition) is 3. The number of nitrogens with one attached hydrogen (secondary N) is 1. The van der Waals surface area contributed by atoms with E-state index in [-0.39, 0.29) is 5.91 Å². The molecule has 1 aromatic carbocycles. The van der Waals surface area contributed by atoms with E-state index in [1.165, 1.54) is 0 Å². The first-order chi connectivity index (χ1) is 9.17. The molecule has 1 aromatic rings. The van der Waals surface area contributed by atoms with E-state index in [4.69, 9.17) is 22.1 Å². The second-order valence-electron chi connectivity index (χ2n) is 4.25. The highest BCUT2D eigenvalue weighted by Gasteiger charge is 2.05. The van der Waals surface area contributed by atoms with Gasteiger partial charge in [-0.2, -0.15) is 0 Å². The topological polar surface area (TPSA) is 64.3 Å². The number of aryl methyl sites for hydroxylation is 1. The van der Waals surface area contributed by atoms with Crippen molar-refractivity contribution in [1.82, 2.24) is 5.32 Å². The Morgan fingerprint density at radius 1 is 1.47 bits per heavy atom. The number of carbonyl (C=O) groups excluding carboxylic acids is 1. The van der Waals surface area contributed by atoms with Crippen molar-refractivity contribution in [3.8, 4) is 5.75 Å². The second-order valence-corrected chi connectivity index (χ2v) is 4.66. The standard InChI is InChI=1S/C14H21ClN2O2/c1-2-9-19-13-5-3-11(10-12(13)15)4-6-14(18)17-8-7-16/h3,5,10H,2,4,6-9,16H2,1H3,(H,17,18). The molecule has 0 aliphatic rings. The van der Waals surface area contributed by atoms with Crippen LogP contribution in [0.1, 0.15) is 25.3 Å². The summed E-state index contributed by atoms with van der Waals surface area (Å²) in [5.41, 5.74) is 6.34. The van der Waals surface area contributed by atoms with Gasteiger partial charge in [0.25, 0.3) is 0 Å². The molecule has 1 amide bonds. The lowest BCUT2D eigenvalue weighted by Gasteiger charge is -2.09. The Balaban J connectivity index is 2.47. The van der Waals surface area contributed by atoms with Crippen molar-refractivity contribution < 1.29 is 9.53 Å². The average molecular weight is 285 g/mol. The lowest BCUT2D eigenvalue weighted by atomic mass is 10.1. The van der Waals surface area contributed by atoms with Gasteiger partial charge in [-0.05, 0) is 30.5 Å². The number of nitrogens with two attached hydrogens (primary N) is 1. The van der Waals surface area contributed by atoms with Gasteiger partial charge < -0.3 is 15.8 Å². The van der Waals surface area contributed by atoms with Crippen LogP contribution in [0.5, 0.6) is 5.75 Å². The molecule has 19 heavy (non-hydrogen) atoms. The lowest BCUT2D eigenvalue weighted by Crippen LogP contribution is -2.29. The Kier molecular flexibility index (Phi) is 7.30. The van der Waals surface area contributed by atoms with Crippen molar-refractivity contribution in [3.05, 3.63) is 28.8 Å². The van der Waals surface area contributed by atoms with E-state index >= 15 is 0 Å². The van der Waals surface area contributed by atoms with Crippen molar-refractivity contribution in [3.63, 3.8) is 0 Å². The number of amides is 1. The Morgan fingerprint density at radius 3 is 2.89 bits per heavy atom. The Hall–Kier alpha value is -1.26. The molecule has 0 saturated carbocycles. The van der Waals surface area contributed by atoms with Gasteiger partial charge in [0.2, 0.25) is 5.91 Å². The van der Waals surface area contributed by atoms with Crippen LogP contribution in [-0.2, 0) is 11.2 Å². The van der Waals surface area contributed by atoms with Gasteiger partial charge in [-0.15, -0.1) is 0 Å². The summed E-state index contributed by atoms with van der Waals surface area (Å²) in [7, 11) is 0. The highest BCUT2D eigenvalue weighted by atomic mass is 35.5. The normalized spacial score (nSPS) is 10.3. The van der Waals surface area contributed by atoms with Crippen LogP contribution in [0.4, 0.5) is 0 Å². The predicted molar refractivity (Wildman–Crippen MR) is 77.6 cm³/mol. The SMILES string of the molecule is CCCOc1ccc(CCC(=O)NCCN)cc1Cl. The van der Waals surface area contributed by atoms with E-state index in [9.17, 15) is 4.79 Å². The fraction of sp³-hybridized carbons (Fsp3) is 0.500. The zero-order valence-electron chi connectivity index (χ0n) is 11.2. The summed E-state index contributed by atoms with van der Waals surface area (Å²) in [6.07, 6.45) is 2.04. The summed E-state index contributed by atoms with van der Waals surface area (Å²) in [6, 6.07) is 5.64. The molecule has 5 heteroatoms. The maximum absolute atomic E-state index is 11.4. The number of hydrogen-bond donors (Lipinski definition) is 2. The fourth-order valence-electron chi connectivity index (χ4n) is 1.59. The van der Waals surface area contributed by atoms with Crippen LogP contribution in [0.3, 0.4) is 0 Å². The molecule has 0 bridgehead atoms. The predicted octanol–water partition coefficient (Wildman–Crippen LogP) is 2.14. The van der Waals surface area contributed by atoms with Crippen molar-refractivity contribution in [1.29, 1.82) is 0 Å².